The van der Waals surface area contributed by atoms with Gasteiger partial charge < -0.3 is 14.8 Å². The van der Waals surface area contributed by atoms with Crippen molar-refractivity contribution in [3.05, 3.63) is 145 Å². The maximum absolute atomic E-state index is 13.8. The molecule has 1 N–H and O–H groups in total. The van der Waals surface area contributed by atoms with Crippen molar-refractivity contribution in [3.8, 4) is 11.5 Å². The summed E-state index contributed by atoms with van der Waals surface area (Å²) < 4.78 is 11.1. The van der Waals surface area contributed by atoms with Crippen LogP contribution >= 0.6 is 11.8 Å². The third-order valence-electron chi connectivity index (χ3n) is 6.77. The van der Waals surface area contributed by atoms with E-state index in [4.69, 9.17) is 9.47 Å². The highest BCUT2D eigenvalue weighted by Crippen LogP contribution is 2.32. The fourth-order valence-corrected chi connectivity index (χ4v) is 5.39. The first-order valence-electron chi connectivity index (χ1n) is 14.5. The number of anilines is 2. The fourth-order valence-electron chi connectivity index (χ4n) is 4.57. The van der Waals surface area contributed by atoms with Crippen molar-refractivity contribution in [1.29, 1.82) is 0 Å². The second-order valence-corrected chi connectivity index (χ2v) is 11.1. The Morgan fingerprint density at radius 1 is 0.705 bits per heavy atom. The van der Waals surface area contributed by atoms with Crippen molar-refractivity contribution in [3.63, 3.8) is 0 Å². The molecule has 0 saturated heterocycles. The van der Waals surface area contributed by atoms with Crippen LogP contribution in [0.5, 0.6) is 11.5 Å². The van der Waals surface area contributed by atoms with Gasteiger partial charge in [0, 0.05) is 22.0 Å². The highest BCUT2D eigenvalue weighted by atomic mass is 32.2. The molecule has 5 aromatic carbocycles. The molecule has 0 radical (unpaired) electrons. The van der Waals surface area contributed by atoms with Gasteiger partial charge in [-0.3, -0.25) is 9.69 Å². The molecule has 0 spiro atoms. The van der Waals surface area contributed by atoms with Crippen molar-refractivity contribution in [2.24, 2.45) is 0 Å². The summed E-state index contributed by atoms with van der Waals surface area (Å²) in [6.07, 6.45) is 0.961. The van der Waals surface area contributed by atoms with Crippen LogP contribution in [-0.4, -0.2) is 25.2 Å². The molecular formula is C37H34N2O4S. The zero-order chi connectivity index (χ0) is 30.6. The van der Waals surface area contributed by atoms with Crippen LogP contribution in [0, 0.1) is 0 Å². The quantitative estimate of drug-likeness (QED) is 0.144. The van der Waals surface area contributed by atoms with E-state index in [-0.39, 0.29) is 18.4 Å². The Hall–Kier alpha value is -5.01. The number of benzene rings is 5. The summed E-state index contributed by atoms with van der Waals surface area (Å²) >= 11 is 1.62. The summed E-state index contributed by atoms with van der Waals surface area (Å²) in [5.41, 5.74) is 3.44. The Bertz CT molecular complexity index is 1640. The van der Waals surface area contributed by atoms with E-state index in [0.717, 1.165) is 26.6 Å². The molecule has 7 heteroatoms. The number of esters is 1. The van der Waals surface area contributed by atoms with Crippen LogP contribution in [0.4, 0.5) is 16.2 Å². The van der Waals surface area contributed by atoms with Gasteiger partial charge in [-0.05, 0) is 85.1 Å². The highest BCUT2D eigenvalue weighted by Gasteiger charge is 2.18. The number of carbonyl (C=O) groups excluding carboxylic acids is 2. The molecule has 0 saturated carbocycles. The van der Waals surface area contributed by atoms with Crippen molar-refractivity contribution in [1.82, 2.24) is 0 Å². The number of amides is 2. The normalized spacial score (nSPS) is 10.6. The van der Waals surface area contributed by atoms with Gasteiger partial charge in [0.2, 0.25) is 0 Å². The second-order valence-electron chi connectivity index (χ2n) is 9.95. The molecule has 6 nitrogen and oxygen atoms in total. The first-order chi connectivity index (χ1) is 21.6. The Kier molecular flexibility index (Phi) is 10.7. The van der Waals surface area contributed by atoms with Crippen molar-refractivity contribution < 1.29 is 19.1 Å². The smallest absolute Gasteiger partial charge is 0.326 e. The van der Waals surface area contributed by atoms with Gasteiger partial charge in [0.15, 0.2) is 5.75 Å². The highest BCUT2D eigenvalue weighted by molar-refractivity contribution is 7.99. The summed E-state index contributed by atoms with van der Waals surface area (Å²) in [6, 6.07) is 42.7. The summed E-state index contributed by atoms with van der Waals surface area (Å²) in [7, 11) is 0. The van der Waals surface area contributed by atoms with Gasteiger partial charge >= 0.3 is 12.0 Å². The van der Waals surface area contributed by atoms with Crippen molar-refractivity contribution >= 4 is 35.1 Å². The molecule has 222 valence electrons. The predicted octanol–water partition coefficient (Wildman–Crippen LogP) is 9.02. The zero-order valence-electron chi connectivity index (χ0n) is 24.5. The molecule has 5 aromatic rings. The minimum atomic E-state index is -0.248. The van der Waals surface area contributed by atoms with E-state index in [0.29, 0.717) is 36.8 Å². The number of urea groups is 1. The Balaban J connectivity index is 1.30. The largest absolute Gasteiger partial charge is 0.466 e. The molecule has 2 amide bonds. The van der Waals surface area contributed by atoms with E-state index >= 15 is 0 Å². The average molecular weight is 603 g/mol. The predicted molar refractivity (Wildman–Crippen MR) is 177 cm³/mol. The molecule has 0 aliphatic carbocycles. The van der Waals surface area contributed by atoms with Crippen molar-refractivity contribution in [2.45, 2.75) is 29.6 Å². The molecule has 0 aliphatic heterocycles. The van der Waals surface area contributed by atoms with Crippen LogP contribution in [0.1, 0.15) is 18.1 Å². The Morgan fingerprint density at radius 3 is 2.00 bits per heavy atom. The van der Waals surface area contributed by atoms with Gasteiger partial charge in [0.1, 0.15) is 5.75 Å². The molecular weight excluding hydrogens is 568 g/mol. The topological polar surface area (TPSA) is 67.9 Å². The third kappa shape index (κ3) is 8.75. The van der Waals surface area contributed by atoms with Gasteiger partial charge in [-0.25, -0.2) is 4.79 Å². The lowest BCUT2D eigenvalue weighted by Gasteiger charge is -2.24. The summed E-state index contributed by atoms with van der Waals surface area (Å²) in [5.74, 6) is 1.03. The van der Waals surface area contributed by atoms with Crippen LogP contribution in [0.15, 0.2) is 143 Å². The van der Waals surface area contributed by atoms with Gasteiger partial charge in [-0.2, -0.15) is 0 Å². The lowest BCUT2D eigenvalue weighted by atomic mass is 10.1. The average Bonchev–Trinajstić information content (AvgIpc) is 3.05. The molecule has 5 rings (SSSR count). The standard InChI is InChI=1S/C37H34N2O4S/c1-2-42-36(40)27-29-17-21-32(22-18-29)44-33-23-19-30(20-24-33)39(26-25-28-11-5-3-6-12-28)37(41)38-34-15-9-10-16-35(34)43-31-13-7-4-8-14-31/h3-24H,2,25-27H2,1H3,(H,38,41). The summed E-state index contributed by atoms with van der Waals surface area (Å²) in [6.45, 7) is 2.68. The fraction of sp³-hybridized carbons (Fsp3) is 0.135. The minimum Gasteiger partial charge on any atom is -0.466 e. The molecule has 0 heterocycles. The molecule has 0 bridgehead atoms. The number of nitrogens with zero attached hydrogens (tertiary/aromatic N) is 1. The van der Waals surface area contributed by atoms with Crippen LogP contribution in [0.2, 0.25) is 0 Å². The van der Waals surface area contributed by atoms with E-state index in [2.05, 4.69) is 17.4 Å². The zero-order valence-corrected chi connectivity index (χ0v) is 25.3. The van der Waals surface area contributed by atoms with Crippen LogP contribution < -0.4 is 15.0 Å². The lowest BCUT2D eigenvalue weighted by Crippen LogP contribution is -2.36. The molecule has 0 aliphatic rings. The minimum absolute atomic E-state index is 0.225. The van der Waals surface area contributed by atoms with Crippen LogP contribution in [-0.2, 0) is 22.4 Å². The Labute approximate surface area is 262 Å². The van der Waals surface area contributed by atoms with E-state index < -0.39 is 0 Å². The number of hydrogen-bond acceptors (Lipinski definition) is 5. The molecule has 0 atom stereocenters. The van der Waals surface area contributed by atoms with E-state index in [1.54, 1.807) is 23.6 Å². The number of nitrogens with one attached hydrogen (secondary N) is 1. The van der Waals surface area contributed by atoms with Gasteiger partial charge in [0.25, 0.3) is 0 Å². The number of para-hydroxylation sites is 3. The summed E-state index contributed by atoms with van der Waals surface area (Å²) in [5, 5.41) is 3.07. The molecule has 0 aromatic heterocycles. The SMILES string of the molecule is CCOC(=O)Cc1ccc(Sc2ccc(N(CCc3ccccc3)C(=O)Nc3ccccc3Oc3ccccc3)cc2)cc1. The monoisotopic (exact) mass is 602 g/mol. The maximum Gasteiger partial charge on any atom is 0.326 e. The molecule has 44 heavy (non-hydrogen) atoms. The van der Waals surface area contributed by atoms with Gasteiger partial charge in [0.05, 0.1) is 18.7 Å². The Morgan fingerprint density at radius 2 is 1.32 bits per heavy atom. The second kappa shape index (κ2) is 15.5. The summed E-state index contributed by atoms with van der Waals surface area (Å²) in [4.78, 5) is 29.4. The number of ether oxygens (including phenoxy) is 2. The van der Waals surface area contributed by atoms with Crippen LogP contribution in [0.3, 0.4) is 0 Å². The third-order valence-corrected chi connectivity index (χ3v) is 7.79. The van der Waals surface area contributed by atoms with Crippen molar-refractivity contribution in [2.75, 3.05) is 23.4 Å². The van der Waals surface area contributed by atoms with E-state index in [1.165, 1.54) is 0 Å². The van der Waals surface area contributed by atoms with E-state index in [1.807, 2.05) is 121 Å². The lowest BCUT2D eigenvalue weighted by molar-refractivity contribution is -0.142. The van der Waals surface area contributed by atoms with E-state index in [9.17, 15) is 9.59 Å². The molecule has 0 unspecified atom stereocenters. The maximum atomic E-state index is 13.8. The number of carbonyl (C=O) groups is 2. The van der Waals surface area contributed by atoms with Gasteiger partial charge in [-0.1, -0.05) is 84.6 Å². The number of rotatable bonds is 12. The number of hydrogen-bond donors (Lipinski definition) is 1. The van der Waals surface area contributed by atoms with Crippen LogP contribution in [0.25, 0.3) is 0 Å². The van der Waals surface area contributed by atoms with Gasteiger partial charge in [-0.15, -0.1) is 0 Å². The first-order valence-corrected chi connectivity index (χ1v) is 15.4. The first kappa shape index (κ1) is 30.4. The molecule has 0 fully saturated rings.